The molecule has 2 N–H and O–H groups in total. The molecule has 0 spiro atoms. The van der Waals surface area contributed by atoms with Crippen LogP contribution in [0.25, 0.3) is 5.78 Å². The van der Waals surface area contributed by atoms with Gasteiger partial charge in [-0.15, -0.1) is 0 Å². The van der Waals surface area contributed by atoms with Crippen molar-refractivity contribution in [3.05, 3.63) is 35.0 Å². The highest BCUT2D eigenvalue weighted by atomic mass is 31.1. The second kappa shape index (κ2) is 5.89. The van der Waals surface area contributed by atoms with Gasteiger partial charge in [0, 0.05) is 24.7 Å². The van der Waals surface area contributed by atoms with E-state index in [-0.39, 0.29) is 30.2 Å². The first kappa shape index (κ1) is 15.3. The van der Waals surface area contributed by atoms with Gasteiger partial charge in [0.05, 0.1) is 18.6 Å². The highest BCUT2D eigenvalue weighted by Gasteiger charge is 2.46. The van der Waals surface area contributed by atoms with Gasteiger partial charge in [-0.1, -0.05) is 6.92 Å². The van der Waals surface area contributed by atoms with E-state index in [4.69, 9.17) is 4.74 Å². The summed E-state index contributed by atoms with van der Waals surface area (Å²) in [7, 11) is -2.33. The van der Waals surface area contributed by atoms with E-state index >= 15 is 0 Å². The van der Waals surface area contributed by atoms with Gasteiger partial charge < -0.3 is 9.84 Å². The Morgan fingerprint density at radius 1 is 1.45 bits per heavy atom. The van der Waals surface area contributed by atoms with Crippen LogP contribution in [0.3, 0.4) is 0 Å². The highest BCUT2D eigenvalue weighted by molar-refractivity contribution is 7.38. The molecule has 2 aromatic rings. The van der Waals surface area contributed by atoms with Crippen LogP contribution in [0.1, 0.15) is 13.2 Å². The Bertz CT molecular complexity index is 757. The van der Waals surface area contributed by atoms with E-state index < -0.39 is 20.4 Å². The Kier molecular flexibility index (Phi) is 4.10. The summed E-state index contributed by atoms with van der Waals surface area (Å²) < 4.78 is 20.2. The van der Waals surface area contributed by atoms with Crippen molar-refractivity contribution in [3.8, 4) is 0 Å². The molecule has 0 aliphatic carbocycles. The maximum Gasteiger partial charge on any atom is 0.505 e. The SMILES string of the molecule is C[C@H]1[C@@H](C[P+](=O)O)[C@H](n2ccc(=O)n3ccnc23)O[C@@H]1CO. The van der Waals surface area contributed by atoms with E-state index in [0.717, 1.165) is 0 Å². The first-order chi connectivity index (χ1) is 10.5. The Labute approximate surface area is 126 Å². The van der Waals surface area contributed by atoms with Crippen LogP contribution in [0.15, 0.2) is 29.5 Å². The minimum atomic E-state index is -2.33. The quantitative estimate of drug-likeness (QED) is 0.787. The fourth-order valence-electron chi connectivity index (χ4n) is 3.01. The van der Waals surface area contributed by atoms with E-state index in [9.17, 15) is 19.4 Å². The molecule has 0 radical (unpaired) electrons. The summed E-state index contributed by atoms with van der Waals surface area (Å²) in [6.07, 6.45) is 3.73. The third-order valence-corrected chi connectivity index (χ3v) is 4.96. The largest absolute Gasteiger partial charge is 0.505 e. The number of fused-ring (bicyclic) bond motifs is 1. The van der Waals surface area contributed by atoms with Gasteiger partial charge >= 0.3 is 8.03 Å². The molecule has 3 rings (SSSR count). The molecule has 5 atom stereocenters. The number of ether oxygens (including phenoxy) is 1. The fraction of sp³-hybridized carbons (Fsp3) is 0.538. The number of hydrogen-bond donors (Lipinski definition) is 2. The molecule has 0 aromatic carbocycles. The Hall–Kier alpha value is -1.60. The number of aromatic nitrogens is 3. The van der Waals surface area contributed by atoms with Crippen LogP contribution in [0, 0.1) is 11.8 Å². The first-order valence-corrected chi connectivity index (χ1v) is 8.36. The van der Waals surface area contributed by atoms with Crippen LogP contribution < -0.4 is 5.56 Å². The van der Waals surface area contributed by atoms with Gasteiger partial charge in [0.1, 0.15) is 6.23 Å². The van der Waals surface area contributed by atoms with E-state index in [0.29, 0.717) is 5.78 Å². The predicted molar refractivity (Wildman–Crippen MR) is 77.8 cm³/mol. The minimum Gasteiger partial charge on any atom is -0.394 e. The van der Waals surface area contributed by atoms with Crippen LogP contribution in [0.4, 0.5) is 0 Å². The average Bonchev–Trinajstić information content (AvgIpc) is 3.07. The molecule has 1 aliphatic heterocycles. The third-order valence-electron chi connectivity index (χ3n) is 4.23. The Morgan fingerprint density at radius 2 is 2.23 bits per heavy atom. The van der Waals surface area contributed by atoms with Crippen molar-refractivity contribution < 1.29 is 19.3 Å². The minimum absolute atomic E-state index is 0.0661. The van der Waals surface area contributed by atoms with Crippen molar-refractivity contribution in [2.24, 2.45) is 11.8 Å². The third kappa shape index (κ3) is 2.48. The van der Waals surface area contributed by atoms with E-state index in [1.807, 2.05) is 6.92 Å². The summed E-state index contributed by atoms with van der Waals surface area (Å²) >= 11 is 0. The summed E-state index contributed by atoms with van der Waals surface area (Å²) in [5.41, 5.74) is -0.210. The van der Waals surface area contributed by atoms with E-state index in [1.165, 1.54) is 16.7 Å². The number of aliphatic hydroxyl groups excluding tert-OH is 1. The van der Waals surface area contributed by atoms with E-state index in [2.05, 4.69) is 4.98 Å². The average molecular weight is 326 g/mol. The van der Waals surface area contributed by atoms with Crippen molar-refractivity contribution in [3.63, 3.8) is 0 Å². The lowest BCUT2D eigenvalue weighted by Crippen LogP contribution is -2.25. The molecule has 1 saturated heterocycles. The van der Waals surface area contributed by atoms with Gasteiger partial charge in [-0.3, -0.25) is 13.8 Å². The lowest BCUT2D eigenvalue weighted by Gasteiger charge is -2.20. The molecule has 8 nitrogen and oxygen atoms in total. The summed E-state index contributed by atoms with van der Waals surface area (Å²) in [4.78, 5) is 25.2. The predicted octanol–water partition coefficient (Wildman–Crippen LogP) is 0.373. The second-order valence-corrected chi connectivity index (χ2v) is 6.53. The molecule has 0 amide bonds. The standard InChI is InChI=1S/C13H16N3O5P/c1-8-9(7-22(19)20)12(21-10(8)6-17)16-4-2-11(18)15-5-3-14-13(15)16/h2-5,8-10,12,17H,6-7H2,1H3/p+1/t8-,9+,10+,12+/m0/s1. The molecule has 0 bridgehead atoms. The number of nitrogens with zero attached hydrogens (tertiary/aromatic N) is 3. The van der Waals surface area contributed by atoms with Crippen LogP contribution in [0.5, 0.6) is 0 Å². The Morgan fingerprint density at radius 3 is 2.91 bits per heavy atom. The van der Waals surface area contributed by atoms with Crippen molar-refractivity contribution in [2.45, 2.75) is 19.3 Å². The van der Waals surface area contributed by atoms with Crippen LogP contribution in [-0.4, -0.2) is 42.8 Å². The molecule has 9 heteroatoms. The van der Waals surface area contributed by atoms with Crippen LogP contribution >= 0.6 is 8.03 Å². The van der Waals surface area contributed by atoms with Crippen LogP contribution in [-0.2, 0) is 9.30 Å². The number of aliphatic hydroxyl groups is 1. The highest BCUT2D eigenvalue weighted by Crippen LogP contribution is 2.42. The molecule has 118 valence electrons. The zero-order valence-electron chi connectivity index (χ0n) is 11.9. The molecule has 1 unspecified atom stereocenters. The molecule has 2 aromatic heterocycles. The topological polar surface area (TPSA) is 106 Å². The van der Waals surface area contributed by atoms with Gasteiger partial charge in [-0.2, -0.15) is 4.89 Å². The maximum atomic E-state index is 11.8. The fourth-order valence-corrected chi connectivity index (χ4v) is 3.88. The maximum absolute atomic E-state index is 11.8. The van der Waals surface area contributed by atoms with Gasteiger partial charge in [0.25, 0.3) is 5.56 Å². The lowest BCUT2D eigenvalue weighted by atomic mass is 9.93. The van der Waals surface area contributed by atoms with Crippen LogP contribution in [0.2, 0.25) is 0 Å². The van der Waals surface area contributed by atoms with E-state index in [1.54, 1.807) is 17.0 Å². The van der Waals surface area contributed by atoms with Crippen molar-refractivity contribution >= 4 is 13.8 Å². The molecule has 1 fully saturated rings. The summed E-state index contributed by atoms with van der Waals surface area (Å²) in [5, 5.41) is 9.43. The normalized spacial score (nSPS) is 29.1. The molecule has 0 saturated carbocycles. The summed E-state index contributed by atoms with van der Waals surface area (Å²) in [6.45, 7) is 1.72. The monoisotopic (exact) mass is 326 g/mol. The first-order valence-electron chi connectivity index (χ1n) is 6.97. The number of hydrogen-bond acceptors (Lipinski definition) is 5. The van der Waals surface area contributed by atoms with Gasteiger partial charge in [0.15, 0.2) is 6.16 Å². The van der Waals surface area contributed by atoms with Crippen molar-refractivity contribution in [1.29, 1.82) is 0 Å². The molecular weight excluding hydrogens is 309 g/mol. The zero-order valence-corrected chi connectivity index (χ0v) is 12.8. The van der Waals surface area contributed by atoms with Gasteiger partial charge in [-0.25, -0.2) is 4.98 Å². The molecule has 22 heavy (non-hydrogen) atoms. The smallest absolute Gasteiger partial charge is 0.394 e. The van der Waals surface area contributed by atoms with Crippen molar-refractivity contribution in [2.75, 3.05) is 12.8 Å². The molecule has 1 aliphatic rings. The number of imidazole rings is 1. The second-order valence-electron chi connectivity index (χ2n) is 5.46. The summed E-state index contributed by atoms with van der Waals surface area (Å²) in [6, 6.07) is 1.39. The molecule has 3 heterocycles. The van der Waals surface area contributed by atoms with Crippen molar-refractivity contribution in [1.82, 2.24) is 14.0 Å². The summed E-state index contributed by atoms with van der Waals surface area (Å²) in [5.74, 6) is 0.0609. The van der Waals surface area contributed by atoms with Gasteiger partial charge in [0.2, 0.25) is 5.78 Å². The Balaban J connectivity index is 2.07. The zero-order chi connectivity index (χ0) is 15.9. The number of rotatable bonds is 4. The van der Waals surface area contributed by atoms with Gasteiger partial charge in [-0.05, 0) is 10.5 Å². The lowest BCUT2D eigenvalue weighted by molar-refractivity contribution is -0.0340. The molecular formula is C13H17N3O5P+.